The molecule has 1 aromatic carbocycles. The van der Waals surface area contributed by atoms with Crippen LogP contribution in [0.25, 0.3) is 0 Å². The average molecular weight is 411 g/mol. The molecule has 2 aliphatic rings. The highest BCUT2D eigenvalue weighted by Crippen LogP contribution is 2.20. The van der Waals surface area contributed by atoms with Crippen LogP contribution >= 0.6 is 0 Å². The zero-order valence-corrected chi connectivity index (χ0v) is 18.0. The summed E-state index contributed by atoms with van der Waals surface area (Å²) < 4.78 is 11.0. The van der Waals surface area contributed by atoms with E-state index in [4.69, 9.17) is 14.1 Å². The first kappa shape index (κ1) is 20.9. The van der Waals surface area contributed by atoms with Gasteiger partial charge in [0.2, 0.25) is 0 Å². The molecule has 1 aromatic heterocycles. The van der Waals surface area contributed by atoms with E-state index in [1.165, 1.54) is 12.0 Å². The minimum absolute atomic E-state index is 0.215. The summed E-state index contributed by atoms with van der Waals surface area (Å²) in [5, 5.41) is 3.69. The molecular weight excluding hydrogens is 376 g/mol. The van der Waals surface area contributed by atoms with Crippen LogP contribution in [0.2, 0.25) is 0 Å². The molecule has 0 amide bonds. The number of furan rings is 1. The Balaban J connectivity index is 1.38. The predicted octanol–water partition coefficient (Wildman–Crippen LogP) is 3.18. The van der Waals surface area contributed by atoms with Crippen molar-refractivity contribution in [2.75, 3.05) is 52.5 Å². The van der Waals surface area contributed by atoms with Gasteiger partial charge in [0.25, 0.3) is 0 Å². The van der Waals surface area contributed by atoms with E-state index in [2.05, 4.69) is 52.4 Å². The molecule has 1 N–H and O–H groups in total. The Morgan fingerprint density at radius 1 is 1.13 bits per heavy atom. The normalized spacial score (nSPS) is 21.7. The van der Waals surface area contributed by atoms with E-state index in [1.807, 2.05) is 12.1 Å². The van der Waals surface area contributed by atoms with E-state index in [-0.39, 0.29) is 6.04 Å². The van der Waals surface area contributed by atoms with E-state index in [9.17, 15) is 0 Å². The SMILES string of the molecule is CC(NC(=NCCc1ccco1)N1CCC(CN2CCOCC2)C1)c1ccccc1. The van der Waals surface area contributed by atoms with Gasteiger partial charge in [-0.05, 0) is 37.0 Å². The highest BCUT2D eigenvalue weighted by atomic mass is 16.5. The molecule has 0 saturated carbocycles. The molecule has 4 rings (SSSR count). The smallest absolute Gasteiger partial charge is 0.194 e. The van der Waals surface area contributed by atoms with Crippen molar-refractivity contribution in [3.63, 3.8) is 0 Å². The fourth-order valence-electron chi connectivity index (χ4n) is 4.31. The van der Waals surface area contributed by atoms with Crippen LogP contribution in [0.1, 0.15) is 30.7 Å². The minimum Gasteiger partial charge on any atom is -0.469 e. The number of aliphatic imine (C=N–C) groups is 1. The molecule has 0 aliphatic carbocycles. The summed E-state index contributed by atoms with van der Waals surface area (Å²) in [4.78, 5) is 9.95. The first-order valence-electron chi connectivity index (χ1n) is 11.2. The van der Waals surface area contributed by atoms with E-state index >= 15 is 0 Å². The highest BCUT2D eigenvalue weighted by Gasteiger charge is 2.28. The second-order valence-electron chi connectivity index (χ2n) is 8.33. The molecular formula is C24H34N4O2. The van der Waals surface area contributed by atoms with Crippen LogP contribution in [-0.2, 0) is 11.2 Å². The lowest BCUT2D eigenvalue weighted by molar-refractivity contribution is 0.0315. The highest BCUT2D eigenvalue weighted by molar-refractivity contribution is 5.80. The van der Waals surface area contributed by atoms with Gasteiger partial charge in [-0.1, -0.05) is 30.3 Å². The maximum absolute atomic E-state index is 5.50. The van der Waals surface area contributed by atoms with Gasteiger partial charge in [0.1, 0.15) is 5.76 Å². The Labute approximate surface area is 179 Å². The Kier molecular flexibility index (Phi) is 7.43. The fourth-order valence-corrected chi connectivity index (χ4v) is 4.31. The number of nitrogens with one attached hydrogen (secondary N) is 1. The quantitative estimate of drug-likeness (QED) is 0.561. The van der Waals surface area contributed by atoms with E-state index < -0.39 is 0 Å². The van der Waals surface area contributed by atoms with Crippen molar-refractivity contribution in [1.29, 1.82) is 0 Å². The molecule has 2 unspecified atom stereocenters. The molecule has 3 heterocycles. The second-order valence-corrected chi connectivity index (χ2v) is 8.33. The number of hydrogen-bond donors (Lipinski definition) is 1. The number of guanidine groups is 1. The third-order valence-electron chi connectivity index (χ3n) is 6.05. The summed E-state index contributed by atoms with van der Waals surface area (Å²) >= 11 is 0. The van der Waals surface area contributed by atoms with Crippen LogP contribution in [0, 0.1) is 5.92 Å². The van der Waals surface area contributed by atoms with Crippen molar-refractivity contribution in [3.05, 3.63) is 60.1 Å². The molecule has 6 nitrogen and oxygen atoms in total. The number of morpholine rings is 1. The largest absolute Gasteiger partial charge is 0.469 e. The van der Waals surface area contributed by atoms with Gasteiger partial charge in [-0.2, -0.15) is 0 Å². The first-order valence-corrected chi connectivity index (χ1v) is 11.2. The van der Waals surface area contributed by atoms with Gasteiger partial charge >= 0.3 is 0 Å². The number of rotatable bonds is 7. The average Bonchev–Trinajstić information content (AvgIpc) is 3.47. The summed E-state index contributed by atoms with van der Waals surface area (Å²) in [5.74, 6) is 2.69. The van der Waals surface area contributed by atoms with Crippen LogP contribution < -0.4 is 5.32 Å². The minimum atomic E-state index is 0.215. The molecule has 2 atom stereocenters. The predicted molar refractivity (Wildman–Crippen MR) is 120 cm³/mol. The molecule has 0 spiro atoms. The van der Waals surface area contributed by atoms with Crippen molar-refractivity contribution in [2.24, 2.45) is 10.9 Å². The van der Waals surface area contributed by atoms with Crippen molar-refractivity contribution < 1.29 is 9.15 Å². The lowest BCUT2D eigenvalue weighted by Gasteiger charge is -2.29. The maximum Gasteiger partial charge on any atom is 0.194 e. The van der Waals surface area contributed by atoms with E-state index in [1.54, 1.807) is 6.26 Å². The third kappa shape index (κ3) is 5.86. The Morgan fingerprint density at radius 2 is 1.97 bits per heavy atom. The molecule has 2 aromatic rings. The van der Waals surface area contributed by atoms with Crippen LogP contribution in [-0.4, -0.2) is 68.2 Å². The number of hydrogen-bond acceptors (Lipinski definition) is 4. The van der Waals surface area contributed by atoms with Crippen LogP contribution in [0.5, 0.6) is 0 Å². The lowest BCUT2D eigenvalue weighted by Crippen LogP contribution is -2.43. The van der Waals surface area contributed by atoms with E-state index in [0.717, 1.165) is 70.6 Å². The number of nitrogens with zero attached hydrogens (tertiary/aromatic N) is 3. The molecule has 6 heteroatoms. The van der Waals surface area contributed by atoms with Crippen LogP contribution in [0.3, 0.4) is 0 Å². The summed E-state index contributed by atoms with van der Waals surface area (Å²) in [6, 6.07) is 14.8. The molecule has 30 heavy (non-hydrogen) atoms. The van der Waals surface area contributed by atoms with Crippen LogP contribution in [0.15, 0.2) is 58.1 Å². The zero-order chi connectivity index (χ0) is 20.6. The third-order valence-corrected chi connectivity index (χ3v) is 6.05. The Morgan fingerprint density at radius 3 is 2.73 bits per heavy atom. The van der Waals surface area contributed by atoms with Gasteiger partial charge < -0.3 is 19.4 Å². The zero-order valence-electron chi connectivity index (χ0n) is 18.0. The van der Waals surface area contributed by atoms with Gasteiger partial charge in [0, 0.05) is 45.7 Å². The monoisotopic (exact) mass is 410 g/mol. The van der Waals surface area contributed by atoms with Crippen molar-refractivity contribution in [1.82, 2.24) is 15.1 Å². The molecule has 2 fully saturated rings. The summed E-state index contributed by atoms with van der Waals surface area (Å²) in [5.41, 5.74) is 1.28. The van der Waals surface area contributed by atoms with Gasteiger partial charge in [0.15, 0.2) is 5.96 Å². The first-order chi connectivity index (χ1) is 14.8. The van der Waals surface area contributed by atoms with Gasteiger partial charge in [-0.25, -0.2) is 0 Å². The molecule has 0 bridgehead atoms. The number of ether oxygens (including phenoxy) is 1. The summed E-state index contributed by atoms with van der Waals surface area (Å²) in [6.07, 6.45) is 3.77. The lowest BCUT2D eigenvalue weighted by atomic mass is 10.1. The topological polar surface area (TPSA) is 53.2 Å². The van der Waals surface area contributed by atoms with Gasteiger partial charge in [0.05, 0.1) is 25.5 Å². The summed E-state index contributed by atoms with van der Waals surface area (Å²) in [7, 11) is 0. The van der Waals surface area contributed by atoms with Crippen molar-refractivity contribution in [2.45, 2.75) is 25.8 Å². The maximum atomic E-state index is 5.50. The Bertz CT molecular complexity index is 772. The van der Waals surface area contributed by atoms with Crippen molar-refractivity contribution in [3.8, 4) is 0 Å². The van der Waals surface area contributed by atoms with E-state index in [0.29, 0.717) is 5.92 Å². The van der Waals surface area contributed by atoms with Gasteiger partial charge in [-0.15, -0.1) is 0 Å². The van der Waals surface area contributed by atoms with Crippen molar-refractivity contribution >= 4 is 5.96 Å². The molecule has 2 saturated heterocycles. The van der Waals surface area contributed by atoms with Crippen LogP contribution in [0.4, 0.5) is 0 Å². The molecule has 2 aliphatic heterocycles. The summed E-state index contributed by atoms with van der Waals surface area (Å²) in [6.45, 7) is 10.1. The van der Waals surface area contributed by atoms with Gasteiger partial charge in [-0.3, -0.25) is 9.89 Å². The number of benzene rings is 1. The standard InChI is InChI=1S/C24H34N4O2/c1-20(22-6-3-2-4-7-22)26-24(25-11-9-23-8-5-15-30-23)28-12-10-21(19-28)18-27-13-16-29-17-14-27/h2-8,15,20-21H,9-14,16-19H2,1H3,(H,25,26). The number of likely N-dealkylation sites (tertiary alicyclic amines) is 1. The fraction of sp³-hybridized carbons (Fsp3) is 0.542. The molecule has 0 radical (unpaired) electrons. The Hall–Kier alpha value is -2.31. The second kappa shape index (κ2) is 10.6. The molecule has 162 valence electrons.